The second-order valence-corrected chi connectivity index (χ2v) is 4.67. The van der Waals surface area contributed by atoms with Gasteiger partial charge in [0.1, 0.15) is 5.15 Å². The Labute approximate surface area is 116 Å². The summed E-state index contributed by atoms with van der Waals surface area (Å²) in [4.78, 5) is 16.1. The molecule has 1 atom stereocenters. The van der Waals surface area contributed by atoms with Gasteiger partial charge in [-0.3, -0.25) is 4.79 Å². The van der Waals surface area contributed by atoms with Crippen LogP contribution in [0.15, 0.2) is 30.3 Å². The molecule has 0 bridgehead atoms. The maximum absolute atomic E-state index is 11.9. The number of nitrogens with one attached hydrogen (secondary N) is 1. The van der Waals surface area contributed by atoms with E-state index >= 15 is 0 Å². The third kappa shape index (κ3) is 3.21. The number of hydrogen-bond donors (Lipinski definition) is 1. The van der Waals surface area contributed by atoms with Crippen molar-refractivity contribution in [3.05, 3.63) is 41.0 Å². The number of pyridine rings is 1. The first-order chi connectivity index (χ1) is 9.10. The van der Waals surface area contributed by atoms with Crippen molar-refractivity contribution in [2.24, 2.45) is 5.92 Å². The lowest BCUT2D eigenvalue weighted by Gasteiger charge is -2.07. The summed E-state index contributed by atoms with van der Waals surface area (Å²) in [6.07, 6.45) is 0. The van der Waals surface area contributed by atoms with Crippen LogP contribution in [0.1, 0.15) is 17.3 Å². The summed E-state index contributed by atoms with van der Waals surface area (Å²) in [7, 11) is 0. The summed E-state index contributed by atoms with van der Waals surface area (Å²) in [6, 6.07) is 10.8. The van der Waals surface area contributed by atoms with Gasteiger partial charge >= 0.3 is 0 Å². The summed E-state index contributed by atoms with van der Waals surface area (Å²) >= 11 is 5.80. The van der Waals surface area contributed by atoms with E-state index in [0.29, 0.717) is 17.3 Å². The van der Waals surface area contributed by atoms with Gasteiger partial charge in [-0.1, -0.05) is 11.6 Å². The molecule has 0 spiro atoms. The van der Waals surface area contributed by atoms with E-state index in [-0.39, 0.29) is 11.8 Å². The second kappa shape index (κ2) is 5.68. The molecule has 1 unspecified atom stereocenters. The number of benzene rings is 1. The first-order valence-corrected chi connectivity index (χ1v) is 6.22. The van der Waals surface area contributed by atoms with Crippen LogP contribution >= 0.6 is 11.6 Å². The minimum atomic E-state index is -0.204. The van der Waals surface area contributed by atoms with E-state index in [4.69, 9.17) is 16.9 Å². The lowest BCUT2D eigenvalue weighted by Crippen LogP contribution is -2.27. The third-order valence-corrected chi connectivity index (χ3v) is 2.92. The van der Waals surface area contributed by atoms with Gasteiger partial charge in [0.25, 0.3) is 5.91 Å². The van der Waals surface area contributed by atoms with Crippen LogP contribution in [0, 0.1) is 17.2 Å². The van der Waals surface area contributed by atoms with Crippen molar-refractivity contribution in [1.82, 2.24) is 10.3 Å². The molecule has 2 aromatic rings. The number of amides is 1. The number of halogens is 1. The number of fused-ring (bicyclic) bond motifs is 1. The van der Waals surface area contributed by atoms with Crippen molar-refractivity contribution in [2.45, 2.75) is 6.92 Å². The zero-order valence-electron chi connectivity index (χ0n) is 10.4. The van der Waals surface area contributed by atoms with E-state index in [2.05, 4.69) is 16.4 Å². The average molecular weight is 274 g/mol. The Hall–Kier alpha value is -2.12. The minimum absolute atomic E-state index is 0.195. The molecular weight excluding hydrogens is 262 g/mol. The number of nitrogens with zero attached hydrogens (tertiary/aromatic N) is 2. The summed E-state index contributed by atoms with van der Waals surface area (Å²) in [5.41, 5.74) is 1.29. The van der Waals surface area contributed by atoms with Crippen LogP contribution < -0.4 is 5.32 Å². The predicted molar refractivity (Wildman–Crippen MR) is 73.9 cm³/mol. The largest absolute Gasteiger partial charge is 0.351 e. The lowest BCUT2D eigenvalue weighted by atomic mass is 10.1. The highest BCUT2D eigenvalue weighted by atomic mass is 35.5. The summed E-state index contributed by atoms with van der Waals surface area (Å²) in [5, 5.41) is 12.7. The number of nitriles is 1. The Morgan fingerprint density at radius 2 is 2.26 bits per heavy atom. The van der Waals surface area contributed by atoms with Crippen LogP contribution in [0.2, 0.25) is 5.15 Å². The second-order valence-electron chi connectivity index (χ2n) is 4.28. The maximum Gasteiger partial charge on any atom is 0.251 e. The number of hydrogen-bond acceptors (Lipinski definition) is 3. The van der Waals surface area contributed by atoms with E-state index in [1.54, 1.807) is 31.2 Å². The van der Waals surface area contributed by atoms with Gasteiger partial charge in [-0.15, -0.1) is 0 Å². The van der Waals surface area contributed by atoms with Crippen molar-refractivity contribution in [1.29, 1.82) is 5.26 Å². The maximum atomic E-state index is 11.9. The first kappa shape index (κ1) is 13.3. The van der Waals surface area contributed by atoms with Crippen molar-refractivity contribution in [3.63, 3.8) is 0 Å². The van der Waals surface area contributed by atoms with Crippen molar-refractivity contribution >= 4 is 28.4 Å². The van der Waals surface area contributed by atoms with E-state index in [1.807, 2.05) is 6.07 Å². The highest BCUT2D eigenvalue weighted by Gasteiger charge is 2.08. The van der Waals surface area contributed by atoms with Gasteiger partial charge in [0.15, 0.2) is 0 Å². The fraction of sp³-hybridized carbons (Fsp3) is 0.214. The van der Waals surface area contributed by atoms with Gasteiger partial charge in [0.2, 0.25) is 0 Å². The highest BCUT2D eigenvalue weighted by molar-refractivity contribution is 6.29. The van der Waals surface area contributed by atoms with Gasteiger partial charge < -0.3 is 5.32 Å². The molecule has 1 amide bonds. The molecule has 5 heteroatoms. The number of aromatic nitrogens is 1. The molecule has 2 rings (SSSR count). The Bertz CT molecular complexity index is 663. The molecular formula is C14H12ClN3O. The Kier molecular flexibility index (Phi) is 3.98. The molecule has 19 heavy (non-hydrogen) atoms. The van der Waals surface area contributed by atoms with Crippen LogP contribution in [0.4, 0.5) is 0 Å². The van der Waals surface area contributed by atoms with Crippen molar-refractivity contribution in [2.75, 3.05) is 6.54 Å². The molecule has 4 nitrogen and oxygen atoms in total. The van der Waals surface area contributed by atoms with E-state index in [1.165, 1.54) is 0 Å². The average Bonchev–Trinajstić information content (AvgIpc) is 2.43. The van der Waals surface area contributed by atoms with Crippen LogP contribution in [-0.2, 0) is 0 Å². The number of carbonyl (C=O) groups excluding carboxylic acids is 1. The molecule has 0 saturated heterocycles. The van der Waals surface area contributed by atoms with E-state index < -0.39 is 0 Å². The normalized spacial score (nSPS) is 11.8. The van der Waals surface area contributed by atoms with Crippen LogP contribution in [-0.4, -0.2) is 17.4 Å². The predicted octanol–water partition coefficient (Wildman–Crippen LogP) is 2.78. The molecule has 0 saturated carbocycles. The lowest BCUT2D eigenvalue weighted by molar-refractivity contribution is 0.0951. The Balaban J connectivity index is 2.19. The smallest absolute Gasteiger partial charge is 0.251 e. The molecule has 0 radical (unpaired) electrons. The molecule has 1 heterocycles. The van der Waals surface area contributed by atoms with E-state index in [0.717, 1.165) is 10.9 Å². The highest BCUT2D eigenvalue weighted by Crippen LogP contribution is 2.17. The fourth-order valence-electron chi connectivity index (χ4n) is 1.64. The standard InChI is InChI=1S/C14H12ClN3O/c1-9(7-16)8-17-14(19)11-2-4-12-10(6-11)3-5-13(15)18-12/h2-6,9H,8H2,1H3,(H,17,19). The molecule has 0 fully saturated rings. The molecule has 0 aliphatic heterocycles. The van der Waals surface area contributed by atoms with Gasteiger partial charge in [0, 0.05) is 17.5 Å². The summed E-state index contributed by atoms with van der Waals surface area (Å²) < 4.78 is 0. The van der Waals surface area contributed by atoms with Gasteiger partial charge in [-0.25, -0.2) is 4.98 Å². The monoisotopic (exact) mass is 273 g/mol. The quantitative estimate of drug-likeness (QED) is 0.875. The zero-order valence-corrected chi connectivity index (χ0v) is 11.1. The molecule has 1 aromatic heterocycles. The molecule has 1 aromatic carbocycles. The number of carbonyl (C=O) groups is 1. The van der Waals surface area contributed by atoms with Crippen molar-refractivity contribution < 1.29 is 4.79 Å². The van der Waals surface area contributed by atoms with Crippen molar-refractivity contribution in [3.8, 4) is 6.07 Å². The fourth-order valence-corrected chi connectivity index (χ4v) is 1.79. The van der Waals surface area contributed by atoms with Crippen LogP contribution in [0.3, 0.4) is 0 Å². The zero-order chi connectivity index (χ0) is 13.8. The summed E-state index contributed by atoms with van der Waals surface area (Å²) in [5.74, 6) is -0.399. The Morgan fingerprint density at radius 3 is 3.00 bits per heavy atom. The van der Waals surface area contributed by atoms with Gasteiger partial charge in [-0.2, -0.15) is 5.26 Å². The molecule has 1 N–H and O–H groups in total. The SMILES string of the molecule is CC(C#N)CNC(=O)c1ccc2nc(Cl)ccc2c1. The Morgan fingerprint density at radius 1 is 1.47 bits per heavy atom. The number of rotatable bonds is 3. The first-order valence-electron chi connectivity index (χ1n) is 5.84. The van der Waals surface area contributed by atoms with Gasteiger partial charge in [0.05, 0.1) is 17.5 Å². The topological polar surface area (TPSA) is 65.8 Å². The molecule has 0 aliphatic rings. The van der Waals surface area contributed by atoms with E-state index in [9.17, 15) is 4.79 Å². The minimum Gasteiger partial charge on any atom is -0.351 e. The molecule has 96 valence electrons. The third-order valence-electron chi connectivity index (χ3n) is 2.71. The van der Waals surface area contributed by atoms with Crippen LogP contribution in [0.5, 0.6) is 0 Å². The summed E-state index contributed by atoms with van der Waals surface area (Å²) in [6.45, 7) is 2.10. The molecule has 0 aliphatic carbocycles. The van der Waals surface area contributed by atoms with Gasteiger partial charge in [-0.05, 0) is 37.3 Å². The van der Waals surface area contributed by atoms with Crippen LogP contribution in [0.25, 0.3) is 10.9 Å².